The topological polar surface area (TPSA) is 77.3 Å². The molecule has 2 aromatic rings. The highest BCUT2D eigenvalue weighted by atomic mass is 16.5. The molecule has 2 heterocycles. The second-order valence-electron chi connectivity index (χ2n) is 7.79. The van der Waals surface area contributed by atoms with E-state index in [1.165, 1.54) is 6.33 Å². The van der Waals surface area contributed by atoms with Gasteiger partial charge in [-0.1, -0.05) is 24.3 Å². The van der Waals surface area contributed by atoms with E-state index in [0.717, 1.165) is 24.0 Å². The maximum absolute atomic E-state index is 13.0. The van der Waals surface area contributed by atoms with Crippen molar-refractivity contribution in [2.75, 3.05) is 19.7 Å². The first-order chi connectivity index (χ1) is 14.0. The smallest absolute Gasteiger partial charge is 0.314 e. The first kappa shape index (κ1) is 21.0. The fraction of sp³-hybridized carbons (Fsp3) is 0.545. The lowest BCUT2D eigenvalue weighted by Gasteiger charge is -2.41. The molecule has 0 aliphatic carbocycles. The minimum atomic E-state index is -0.679. The molecule has 0 N–H and O–H groups in total. The van der Waals surface area contributed by atoms with E-state index >= 15 is 0 Å². The molecule has 0 unspecified atom stereocenters. The predicted octanol–water partition coefficient (Wildman–Crippen LogP) is 2.78. The van der Waals surface area contributed by atoms with Gasteiger partial charge in [0.1, 0.15) is 12.7 Å². The Kier molecular flexibility index (Phi) is 7.01. The number of piperidine rings is 1. The Morgan fingerprint density at radius 3 is 2.83 bits per heavy atom. The third kappa shape index (κ3) is 5.22. The number of ether oxygens (including phenoxy) is 1. The van der Waals surface area contributed by atoms with Crippen LogP contribution in [-0.2, 0) is 27.3 Å². The molecule has 0 bridgehead atoms. The SMILES string of the molecule is CCOC(=O)[C@]1(Cc2ccccc2C)CCCN(C(=O)CCCn2cncn2)C1. The van der Waals surface area contributed by atoms with Crippen molar-refractivity contribution in [1.29, 1.82) is 0 Å². The fourth-order valence-electron chi connectivity index (χ4n) is 4.08. The molecule has 1 saturated heterocycles. The van der Waals surface area contributed by atoms with E-state index in [9.17, 15) is 9.59 Å². The van der Waals surface area contributed by atoms with Gasteiger partial charge in [-0.05, 0) is 50.7 Å². The summed E-state index contributed by atoms with van der Waals surface area (Å²) >= 11 is 0. The summed E-state index contributed by atoms with van der Waals surface area (Å²) in [5, 5.41) is 4.07. The minimum absolute atomic E-state index is 0.0864. The molecule has 1 aliphatic rings. The summed E-state index contributed by atoms with van der Waals surface area (Å²) in [4.78, 5) is 31.6. The number of hydrogen-bond acceptors (Lipinski definition) is 5. The molecule has 0 spiro atoms. The molecule has 3 rings (SSSR count). The molecule has 1 aromatic heterocycles. The summed E-state index contributed by atoms with van der Waals surface area (Å²) in [5.41, 5.74) is 1.62. The van der Waals surface area contributed by atoms with Crippen molar-refractivity contribution < 1.29 is 14.3 Å². The van der Waals surface area contributed by atoms with Gasteiger partial charge in [0.2, 0.25) is 5.91 Å². The van der Waals surface area contributed by atoms with E-state index in [0.29, 0.717) is 45.5 Å². The monoisotopic (exact) mass is 398 g/mol. The van der Waals surface area contributed by atoms with Crippen LogP contribution in [0.1, 0.15) is 43.7 Å². The van der Waals surface area contributed by atoms with Crippen LogP contribution in [0.15, 0.2) is 36.9 Å². The van der Waals surface area contributed by atoms with Gasteiger partial charge in [-0.25, -0.2) is 4.98 Å². The number of amides is 1. The number of aromatic nitrogens is 3. The van der Waals surface area contributed by atoms with Crippen LogP contribution in [0.25, 0.3) is 0 Å². The largest absolute Gasteiger partial charge is 0.466 e. The van der Waals surface area contributed by atoms with E-state index in [2.05, 4.69) is 29.1 Å². The van der Waals surface area contributed by atoms with Crippen molar-refractivity contribution in [2.24, 2.45) is 5.41 Å². The molecule has 7 nitrogen and oxygen atoms in total. The lowest BCUT2D eigenvalue weighted by atomic mass is 9.74. The van der Waals surface area contributed by atoms with Crippen LogP contribution in [0, 0.1) is 12.3 Å². The Hall–Kier alpha value is -2.70. The number of hydrogen-bond donors (Lipinski definition) is 0. The molecular weight excluding hydrogens is 368 g/mol. The van der Waals surface area contributed by atoms with E-state index in [-0.39, 0.29) is 11.9 Å². The quantitative estimate of drug-likeness (QED) is 0.639. The van der Waals surface area contributed by atoms with Gasteiger partial charge in [-0.2, -0.15) is 5.10 Å². The molecule has 0 saturated carbocycles. The summed E-state index contributed by atoms with van der Waals surface area (Å²) in [5.74, 6) is -0.105. The number of likely N-dealkylation sites (tertiary alicyclic amines) is 1. The molecule has 1 amide bonds. The van der Waals surface area contributed by atoms with E-state index < -0.39 is 5.41 Å². The number of nitrogens with zero attached hydrogens (tertiary/aromatic N) is 4. The highest BCUT2D eigenvalue weighted by Crippen LogP contribution is 2.36. The highest BCUT2D eigenvalue weighted by Gasteiger charge is 2.44. The van der Waals surface area contributed by atoms with Crippen molar-refractivity contribution in [3.63, 3.8) is 0 Å². The van der Waals surface area contributed by atoms with Crippen molar-refractivity contribution >= 4 is 11.9 Å². The number of carbonyl (C=O) groups is 2. The Morgan fingerprint density at radius 1 is 1.28 bits per heavy atom. The second kappa shape index (κ2) is 9.67. The first-order valence-electron chi connectivity index (χ1n) is 10.4. The van der Waals surface area contributed by atoms with Gasteiger partial charge in [0.25, 0.3) is 0 Å². The maximum Gasteiger partial charge on any atom is 0.314 e. The van der Waals surface area contributed by atoms with Gasteiger partial charge in [-0.3, -0.25) is 14.3 Å². The lowest BCUT2D eigenvalue weighted by molar-refractivity contribution is -0.160. The molecule has 1 aromatic carbocycles. The molecule has 7 heteroatoms. The number of carbonyl (C=O) groups excluding carboxylic acids is 2. The van der Waals surface area contributed by atoms with Crippen molar-refractivity contribution in [2.45, 2.75) is 52.5 Å². The fourth-order valence-corrected chi connectivity index (χ4v) is 4.08. The van der Waals surface area contributed by atoms with Gasteiger partial charge >= 0.3 is 5.97 Å². The van der Waals surface area contributed by atoms with Gasteiger partial charge in [-0.15, -0.1) is 0 Å². The Labute approximate surface area is 172 Å². The Bertz CT molecular complexity index is 821. The molecular formula is C22H30N4O3. The summed E-state index contributed by atoms with van der Waals surface area (Å²) in [6, 6.07) is 8.12. The third-order valence-electron chi connectivity index (χ3n) is 5.67. The van der Waals surface area contributed by atoms with Crippen molar-refractivity contribution in [3.05, 3.63) is 48.0 Å². The normalized spacial score (nSPS) is 19.2. The second-order valence-corrected chi connectivity index (χ2v) is 7.79. The van der Waals surface area contributed by atoms with E-state index in [1.54, 1.807) is 11.0 Å². The number of aryl methyl sites for hydroxylation is 2. The molecule has 1 fully saturated rings. The van der Waals surface area contributed by atoms with E-state index in [4.69, 9.17) is 4.74 Å². The van der Waals surface area contributed by atoms with E-state index in [1.807, 2.05) is 24.0 Å². The van der Waals surface area contributed by atoms with Crippen LogP contribution < -0.4 is 0 Å². The zero-order valence-corrected chi connectivity index (χ0v) is 17.3. The Balaban J connectivity index is 1.70. The van der Waals surface area contributed by atoms with Crippen molar-refractivity contribution in [1.82, 2.24) is 19.7 Å². The Morgan fingerprint density at radius 2 is 2.10 bits per heavy atom. The van der Waals surface area contributed by atoms with Crippen LogP contribution in [-0.4, -0.2) is 51.2 Å². The molecule has 0 radical (unpaired) electrons. The van der Waals surface area contributed by atoms with Crippen LogP contribution in [0.3, 0.4) is 0 Å². The lowest BCUT2D eigenvalue weighted by Crippen LogP contribution is -2.51. The molecule has 1 aliphatic heterocycles. The number of esters is 1. The molecule has 156 valence electrons. The summed E-state index contributed by atoms with van der Waals surface area (Å²) in [6.07, 6.45) is 6.42. The summed E-state index contributed by atoms with van der Waals surface area (Å²) in [6.45, 7) is 6.00. The summed E-state index contributed by atoms with van der Waals surface area (Å²) in [7, 11) is 0. The third-order valence-corrected chi connectivity index (χ3v) is 5.67. The van der Waals surface area contributed by atoms with Crippen LogP contribution in [0.4, 0.5) is 0 Å². The minimum Gasteiger partial charge on any atom is -0.466 e. The van der Waals surface area contributed by atoms with Gasteiger partial charge in [0.15, 0.2) is 0 Å². The molecule has 29 heavy (non-hydrogen) atoms. The molecule has 1 atom stereocenters. The average Bonchev–Trinajstić information content (AvgIpc) is 3.23. The number of benzene rings is 1. The number of rotatable bonds is 8. The average molecular weight is 399 g/mol. The highest BCUT2D eigenvalue weighted by molar-refractivity contribution is 5.81. The predicted molar refractivity (Wildman–Crippen MR) is 109 cm³/mol. The standard InChI is InChI=1S/C22H30N4O3/c1-3-29-21(28)22(14-19-9-5-4-8-18(19)2)11-7-12-25(15-22)20(27)10-6-13-26-17-23-16-24-26/h4-5,8-9,16-17H,3,6-7,10-15H2,1-2H3/t22-/m0/s1. The maximum atomic E-state index is 13.0. The van der Waals surface area contributed by atoms with Crippen molar-refractivity contribution in [3.8, 4) is 0 Å². The first-order valence-corrected chi connectivity index (χ1v) is 10.4. The van der Waals surface area contributed by atoms with Crippen LogP contribution in [0.2, 0.25) is 0 Å². The van der Waals surface area contributed by atoms with Crippen LogP contribution >= 0.6 is 0 Å². The van der Waals surface area contributed by atoms with Gasteiger partial charge in [0, 0.05) is 26.1 Å². The van der Waals surface area contributed by atoms with Gasteiger partial charge < -0.3 is 9.64 Å². The summed E-state index contributed by atoms with van der Waals surface area (Å²) < 4.78 is 7.19. The van der Waals surface area contributed by atoms with Crippen LogP contribution in [0.5, 0.6) is 0 Å². The zero-order valence-electron chi connectivity index (χ0n) is 17.3. The van der Waals surface area contributed by atoms with Gasteiger partial charge in [0.05, 0.1) is 12.0 Å². The zero-order chi connectivity index (χ0) is 20.7.